The van der Waals surface area contributed by atoms with Crippen molar-refractivity contribution in [1.29, 1.82) is 5.26 Å². The number of nitrogens with one attached hydrogen (secondary N) is 1. The van der Waals surface area contributed by atoms with Crippen molar-refractivity contribution in [2.45, 2.75) is 30.2 Å². The Morgan fingerprint density at radius 3 is 2.79 bits per heavy atom. The first-order valence-corrected chi connectivity index (χ1v) is 7.69. The zero-order valence-corrected chi connectivity index (χ0v) is 11.2. The van der Waals surface area contributed by atoms with E-state index < -0.39 is 10.0 Å². The first-order valence-electron chi connectivity index (χ1n) is 6.21. The highest BCUT2D eigenvalue weighted by atomic mass is 32.2. The third-order valence-electron chi connectivity index (χ3n) is 3.50. The van der Waals surface area contributed by atoms with Crippen LogP contribution in [0.3, 0.4) is 0 Å². The summed E-state index contributed by atoms with van der Waals surface area (Å²) in [5.74, 6) is -0.0379. The molecule has 5 nitrogen and oxygen atoms in total. The number of rotatable bonds is 4. The summed E-state index contributed by atoms with van der Waals surface area (Å²) in [6.07, 6.45) is 2.45. The molecular formula is C13H16N2O3S. The van der Waals surface area contributed by atoms with Crippen LogP contribution in [0.15, 0.2) is 29.2 Å². The highest BCUT2D eigenvalue weighted by Crippen LogP contribution is 2.27. The summed E-state index contributed by atoms with van der Waals surface area (Å²) in [6, 6.07) is 7.75. The number of sulfonamides is 1. The third-order valence-corrected chi connectivity index (χ3v) is 5.05. The molecule has 1 aliphatic rings. The molecule has 2 unspecified atom stereocenters. The molecule has 1 saturated carbocycles. The molecule has 0 radical (unpaired) electrons. The van der Waals surface area contributed by atoms with Crippen LogP contribution in [-0.4, -0.2) is 26.2 Å². The second-order valence-corrected chi connectivity index (χ2v) is 6.39. The molecule has 1 aromatic rings. The number of aliphatic hydroxyl groups excluding tert-OH is 1. The zero-order valence-electron chi connectivity index (χ0n) is 10.4. The summed E-state index contributed by atoms with van der Waals surface area (Å²) in [4.78, 5) is 0.00101. The van der Waals surface area contributed by atoms with Gasteiger partial charge < -0.3 is 5.11 Å². The van der Waals surface area contributed by atoms with Crippen LogP contribution in [0.1, 0.15) is 24.8 Å². The summed E-state index contributed by atoms with van der Waals surface area (Å²) in [5.41, 5.74) is 0.133. The van der Waals surface area contributed by atoms with Crippen molar-refractivity contribution < 1.29 is 13.5 Å². The average Bonchev–Trinajstić information content (AvgIpc) is 2.85. The van der Waals surface area contributed by atoms with E-state index >= 15 is 0 Å². The standard InChI is InChI=1S/C13H16N2O3S/c14-8-10-4-1-2-7-13(10)19(17,18)15-12-6-3-5-11(12)9-16/h1-2,4,7,11-12,15-16H,3,5-6,9H2. The van der Waals surface area contributed by atoms with E-state index in [0.29, 0.717) is 0 Å². The SMILES string of the molecule is N#Cc1ccccc1S(=O)(=O)NC1CCCC1CO. The van der Waals surface area contributed by atoms with Crippen molar-refractivity contribution in [3.05, 3.63) is 29.8 Å². The summed E-state index contributed by atoms with van der Waals surface area (Å²) in [6.45, 7) is -0.0208. The minimum atomic E-state index is -3.71. The summed E-state index contributed by atoms with van der Waals surface area (Å²) in [7, 11) is -3.71. The summed E-state index contributed by atoms with van der Waals surface area (Å²) < 4.78 is 27.2. The molecule has 19 heavy (non-hydrogen) atoms. The van der Waals surface area contributed by atoms with Gasteiger partial charge in [-0.3, -0.25) is 0 Å². The first-order chi connectivity index (χ1) is 9.08. The number of benzene rings is 1. The van der Waals surface area contributed by atoms with Gasteiger partial charge in [0, 0.05) is 12.6 Å². The van der Waals surface area contributed by atoms with Gasteiger partial charge in [0.15, 0.2) is 0 Å². The molecule has 0 aromatic heterocycles. The third kappa shape index (κ3) is 2.95. The Morgan fingerprint density at radius 1 is 1.37 bits per heavy atom. The monoisotopic (exact) mass is 280 g/mol. The Morgan fingerprint density at radius 2 is 2.11 bits per heavy atom. The van der Waals surface area contributed by atoms with E-state index in [1.807, 2.05) is 6.07 Å². The van der Waals surface area contributed by atoms with Gasteiger partial charge in [-0.05, 0) is 30.9 Å². The summed E-state index contributed by atoms with van der Waals surface area (Å²) in [5, 5.41) is 18.2. The predicted octanol–water partition coefficient (Wildman–Crippen LogP) is 0.998. The normalized spacial score (nSPS) is 23.2. The maximum atomic E-state index is 12.3. The Hall–Kier alpha value is -1.42. The maximum absolute atomic E-state index is 12.3. The van der Waals surface area contributed by atoms with Crippen LogP contribution in [0.2, 0.25) is 0 Å². The fourth-order valence-electron chi connectivity index (χ4n) is 2.47. The van der Waals surface area contributed by atoms with Crippen molar-refractivity contribution in [3.63, 3.8) is 0 Å². The number of aliphatic hydroxyl groups is 1. The minimum Gasteiger partial charge on any atom is -0.396 e. The molecule has 0 spiro atoms. The molecule has 0 aliphatic heterocycles. The van der Waals surface area contributed by atoms with Gasteiger partial charge in [0.05, 0.1) is 10.5 Å². The van der Waals surface area contributed by atoms with E-state index in [2.05, 4.69) is 4.72 Å². The van der Waals surface area contributed by atoms with Crippen molar-refractivity contribution in [2.24, 2.45) is 5.92 Å². The van der Waals surface area contributed by atoms with Gasteiger partial charge in [-0.15, -0.1) is 0 Å². The molecule has 1 fully saturated rings. The maximum Gasteiger partial charge on any atom is 0.242 e. The topological polar surface area (TPSA) is 90.2 Å². The van der Waals surface area contributed by atoms with Gasteiger partial charge in [-0.25, -0.2) is 13.1 Å². The number of hydrogen-bond donors (Lipinski definition) is 2. The Balaban J connectivity index is 2.26. The molecule has 0 amide bonds. The van der Waals surface area contributed by atoms with Crippen molar-refractivity contribution in [2.75, 3.05) is 6.61 Å². The van der Waals surface area contributed by atoms with Gasteiger partial charge in [0.2, 0.25) is 10.0 Å². The number of nitrogens with zero attached hydrogens (tertiary/aromatic N) is 1. The Kier molecular flexibility index (Phi) is 4.20. The van der Waals surface area contributed by atoms with E-state index in [1.54, 1.807) is 12.1 Å². The van der Waals surface area contributed by atoms with Crippen molar-refractivity contribution in [1.82, 2.24) is 4.72 Å². The highest BCUT2D eigenvalue weighted by Gasteiger charge is 2.31. The van der Waals surface area contributed by atoms with Crippen LogP contribution in [0, 0.1) is 17.2 Å². The molecule has 2 N–H and O–H groups in total. The summed E-state index contributed by atoms with van der Waals surface area (Å²) >= 11 is 0. The minimum absolute atomic E-state index is 0.00101. The molecule has 6 heteroatoms. The van der Waals surface area contributed by atoms with Gasteiger partial charge in [0.25, 0.3) is 0 Å². The average molecular weight is 280 g/mol. The predicted molar refractivity (Wildman–Crippen MR) is 69.7 cm³/mol. The van der Waals surface area contributed by atoms with Gasteiger partial charge in [-0.1, -0.05) is 18.6 Å². The lowest BCUT2D eigenvalue weighted by Crippen LogP contribution is -2.38. The van der Waals surface area contributed by atoms with E-state index in [4.69, 9.17) is 5.26 Å². The molecule has 0 bridgehead atoms. The smallest absolute Gasteiger partial charge is 0.242 e. The van der Waals surface area contributed by atoms with E-state index in [0.717, 1.165) is 19.3 Å². The van der Waals surface area contributed by atoms with Crippen LogP contribution in [0.4, 0.5) is 0 Å². The highest BCUT2D eigenvalue weighted by molar-refractivity contribution is 7.89. The number of hydrogen-bond acceptors (Lipinski definition) is 4. The van der Waals surface area contributed by atoms with Crippen LogP contribution in [0.25, 0.3) is 0 Å². The second-order valence-electron chi connectivity index (χ2n) is 4.71. The van der Waals surface area contributed by atoms with Gasteiger partial charge in [-0.2, -0.15) is 5.26 Å². The molecule has 1 aliphatic carbocycles. The molecule has 0 saturated heterocycles. The van der Waals surface area contributed by atoms with E-state index in [9.17, 15) is 13.5 Å². The fraction of sp³-hybridized carbons (Fsp3) is 0.462. The van der Waals surface area contributed by atoms with Crippen molar-refractivity contribution >= 4 is 10.0 Å². The molecular weight excluding hydrogens is 264 g/mol. The molecule has 2 atom stereocenters. The van der Waals surface area contributed by atoms with Gasteiger partial charge in [0.1, 0.15) is 6.07 Å². The van der Waals surface area contributed by atoms with Crippen molar-refractivity contribution in [3.8, 4) is 6.07 Å². The lowest BCUT2D eigenvalue weighted by Gasteiger charge is -2.19. The molecule has 102 valence electrons. The van der Waals surface area contributed by atoms with Crippen LogP contribution >= 0.6 is 0 Å². The van der Waals surface area contributed by atoms with E-state index in [1.165, 1.54) is 12.1 Å². The van der Waals surface area contributed by atoms with Crippen LogP contribution in [-0.2, 0) is 10.0 Å². The molecule has 0 heterocycles. The van der Waals surface area contributed by atoms with Gasteiger partial charge >= 0.3 is 0 Å². The lowest BCUT2D eigenvalue weighted by molar-refractivity contribution is 0.213. The lowest BCUT2D eigenvalue weighted by atomic mass is 10.1. The van der Waals surface area contributed by atoms with E-state index in [-0.39, 0.29) is 29.0 Å². The first kappa shape index (κ1) is 14.0. The molecule has 2 rings (SSSR count). The largest absolute Gasteiger partial charge is 0.396 e. The Bertz CT molecular complexity index is 592. The van der Waals surface area contributed by atoms with Crippen LogP contribution < -0.4 is 4.72 Å². The number of nitriles is 1. The zero-order chi connectivity index (χ0) is 13.9. The quantitative estimate of drug-likeness (QED) is 0.860. The van der Waals surface area contributed by atoms with Crippen LogP contribution in [0.5, 0.6) is 0 Å². The second kappa shape index (κ2) is 5.70. The fourth-order valence-corrected chi connectivity index (χ4v) is 3.96. The Labute approximate surface area is 112 Å². The molecule has 1 aromatic carbocycles.